The van der Waals surface area contributed by atoms with E-state index in [1.54, 1.807) is 38.7 Å². The second-order valence-electron chi connectivity index (χ2n) is 18.2. The normalized spacial score (nSPS) is 33.1. The summed E-state index contributed by atoms with van der Waals surface area (Å²) in [6.07, 6.45) is 39.4. The molecule has 1 aliphatic heterocycles. The van der Waals surface area contributed by atoms with Crippen LogP contribution in [0.25, 0.3) is 11.8 Å². The second kappa shape index (κ2) is 13.9. The molecule has 0 bridgehead atoms. The summed E-state index contributed by atoms with van der Waals surface area (Å²) in [4.78, 5) is 6.49. The molecule has 8 unspecified atom stereocenters. The first-order valence-corrected chi connectivity index (χ1v) is 23.6. The van der Waals surface area contributed by atoms with Crippen molar-refractivity contribution in [1.29, 1.82) is 0 Å². The van der Waals surface area contributed by atoms with Gasteiger partial charge in [-0.3, -0.25) is 0 Å². The Labute approximate surface area is 327 Å². The largest absolute Gasteiger partial charge is 0.361 e. The Morgan fingerprint density at radius 1 is 0.778 bits per heavy atom. The van der Waals surface area contributed by atoms with Gasteiger partial charge in [0, 0.05) is 57.2 Å². The van der Waals surface area contributed by atoms with Gasteiger partial charge in [-0.05, 0) is 153 Å². The molecule has 0 spiro atoms. The summed E-state index contributed by atoms with van der Waals surface area (Å²) in [5.74, 6) is 1.74. The lowest BCUT2D eigenvalue weighted by molar-refractivity contribution is 0.257. The first-order chi connectivity index (χ1) is 26.5. The van der Waals surface area contributed by atoms with Gasteiger partial charge in [0.05, 0.1) is 0 Å². The molecule has 54 heavy (non-hydrogen) atoms. The number of aromatic nitrogens is 1. The van der Waals surface area contributed by atoms with Gasteiger partial charge in [-0.2, -0.15) is 10.0 Å². The zero-order valence-corrected chi connectivity index (χ0v) is 34.0. The van der Waals surface area contributed by atoms with Crippen LogP contribution in [-0.4, -0.2) is 26.6 Å². The highest BCUT2D eigenvalue weighted by Crippen LogP contribution is 2.75. The number of hydrogen-bond acceptors (Lipinski definition) is 1. The topological polar surface area (TPSA) is 8.17 Å². The zero-order valence-electron chi connectivity index (χ0n) is 33.2. The molecular weight excluding hydrogens is 673 g/mol. The fraction of sp³-hybridized carbons (Fsp3) is 0.490. The lowest BCUT2D eigenvalue weighted by atomic mass is 9.75. The molecule has 3 heteroatoms. The Morgan fingerprint density at radius 3 is 2.48 bits per heavy atom. The van der Waals surface area contributed by atoms with Gasteiger partial charge in [0.2, 0.25) is 0 Å². The molecule has 282 valence electrons. The van der Waals surface area contributed by atoms with Crippen LogP contribution in [0.2, 0.25) is 0 Å². The van der Waals surface area contributed by atoms with Crippen molar-refractivity contribution in [2.45, 2.75) is 156 Å². The van der Waals surface area contributed by atoms with Gasteiger partial charge in [0.25, 0.3) is 0 Å². The summed E-state index contributed by atoms with van der Waals surface area (Å²) in [5, 5.41) is 1.21. The van der Waals surface area contributed by atoms with Gasteiger partial charge >= 0.3 is 0 Å². The van der Waals surface area contributed by atoms with Crippen molar-refractivity contribution in [3.8, 4) is 0 Å². The molecule has 10 rings (SSSR count). The van der Waals surface area contributed by atoms with Gasteiger partial charge < -0.3 is 9.47 Å². The second-order valence-corrected chi connectivity index (χ2v) is 21.9. The average molecular weight is 735 g/mol. The number of hydrogen-bond donors (Lipinski definition) is 0. The summed E-state index contributed by atoms with van der Waals surface area (Å²) in [6, 6.07) is 22.2. The van der Waals surface area contributed by atoms with E-state index in [0.717, 1.165) is 0 Å². The minimum absolute atomic E-state index is 0.0594. The van der Waals surface area contributed by atoms with Crippen molar-refractivity contribution in [2.24, 2.45) is 5.92 Å². The Hall–Kier alpha value is -3.43. The van der Waals surface area contributed by atoms with E-state index in [-0.39, 0.29) is 5.54 Å². The van der Waals surface area contributed by atoms with Crippen LogP contribution in [-0.2, 0) is 12.8 Å². The SMILES string of the molecule is CC1CCCc2c3c(n(C4=CC(S(C5=CCC(C)C(C)(N6c7ccccc7C7C=CCCC76)C5)(c5ccccc5)C5CC=CCC5)CCC4)c21)CCC=C3. The first kappa shape index (κ1) is 35.0. The third-order valence-electron chi connectivity index (χ3n) is 15.3. The molecule has 0 fully saturated rings. The Kier molecular flexibility index (Phi) is 9.04. The van der Waals surface area contributed by atoms with Crippen LogP contribution in [0.3, 0.4) is 0 Å². The summed E-state index contributed by atoms with van der Waals surface area (Å²) in [6.45, 7) is 7.79. The summed E-state index contributed by atoms with van der Waals surface area (Å²) in [5.41, 5.74) is 11.4. The smallest absolute Gasteiger partial charge is 0.0450 e. The number of benzene rings is 2. The van der Waals surface area contributed by atoms with Crippen molar-refractivity contribution in [2.75, 3.05) is 4.90 Å². The fourth-order valence-corrected chi connectivity index (χ4v) is 18.3. The molecule has 2 nitrogen and oxygen atoms in total. The number of rotatable bonds is 6. The van der Waals surface area contributed by atoms with Crippen molar-refractivity contribution in [3.63, 3.8) is 0 Å². The maximum absolute atomic E-state index is 3.00. The number of anilines is 1. The molecule has 0 radical (unpaired) electrons. The highest BCUT2D eigenvalue weighted by Gasteiger charge is 2.53. The average Bonchev–Trinajstić information content (AvgIpc) is 3.75. The van der Waals surface area contributed by atoms with E-state index in [9.17, 15) is 0 Å². The van der Waals surface area contributed by atoms with E-state index in [4.69, 9.17) is 0 Å². The third kappa shape index (κ3) is 5.33. The van der Waals surface area contributed by atoms with E-state index in [2.05, 4.69) is 133 Å². The van der Waals surface area contributed by atoms with E-state index >= 15 is 0 Å². The van der Waals surface area contributed by atoms with Crippen molar-refractivity contribution < 1.29 is 0 Å². The maximum atomic E-state index is 3.00. The van der Waals surface area contributed by atoms with E-state index < -0.39 is 10.0 Å². The molecule has 0 amide bonds. The van der Waals surface area contributed by atoms with Crippen LogP contribution >= 0.6 is 10.0 Å². The quantitative estimate of drug-likeness (QED) is 0.229. The van der Waals surface area contributed by atoms with Crippen LogP contribution in [0.4, 0.5) is 5.69 Å². The number of para-hydroxylation sites is 1. The van der Waals surface area contributed by atoms with Crippen LogP contribution < -0.4 is 4.90 Å². The number of fused-ring (bicyclic) bond motifs is 6. The van der Waals surface area contributed by atoms with Gasteiger partial charge in [-0.15, -0.1) is 0 Å². The highest BCUT2D eigenvalue weighted by molar-refractivity contribution is 8.37. The molecule has 7 aliphatic rings. The summed E-state index contributed by atoms with van der Waals surface area (Å²) >= 11 is 0. The predicted molar refractivity (Wildman–Crippen MR) is 233 cm³/mol. The van der Waals surface area contributed by atoms with Crippen LogP contribution in [0.1, 0.15) is 144 Å². The molecule has 6 aliphatic carbocycles. The minimum atomic E-state index is -1.43. The van der Waals surface area contributed by atoms with Gasteiger partial charge in [-0.1, -0.05) is 98.9 Å². The molecule has 2 aromatic carbocycles. The van der Waals surface area contributed by atoms with Crippen LogP contribution in [0, 0.1) is 5.92 Å². The Morgan fingerprint density at radius 2 is 1.61 bits per heavy atom. The Bertz CT molecular complexity index is 2060. The lowest BCUT2D eigenvalue weighted by Gasteiger charge is -2.59. The molecule has 0 saturated carbocycles. The van der Waals surface area contributed by atoms with E-state index in [1.165, 1.54) is 102 Å². The Balaban J connectivity index is 1.15. The summed E-state index contributed by atoms with van der Waals surface area (Å²) < 4.78 is 2.89. The van der Waals surface area contributed by atoms with Crippen molar-refractivity contribution in [1.82, 2.24) is 4.57 Å². The molecule has 8 atom stereocenters. The van der Waals surface area contributed by atoms with Crippen molar-refractivity contribution >= 4 is 27.5 Å². The van der Waals surface area contributed by atoms with Gasteiger partial charge in [0.15, 0.2) is 0 Å². The molecule has 3 aromatic rings. The predicted octanol–water partition coefficient (Wildman–Crippen LogP) is 13.6. The lowest BCUT2D eigenvalue weighted by Crippen LogP contribution is -2.57. The zero-order chi connectivity index (χ0) is 36.4. The molecule has 1 aromatic heterocycles. The van der Waals surface area contributed by atoms with Crippen LogP contribution in [0.15, 0.2) is 107 Å². The van der Waals surface area contributed by atoms with Gasteiger partial charge in [0.1, 0.15) is 0 Å². The summed E-state index contributed by atoms with van der Waals surface area (Å²) in [7, 11) is -1.43. The minimum Gasteiger partial charge on any atom is -0.361 e. The van der Waals surface area contributed by atoms with Gasteiger partial charge in [-0.25, -0.2) is 0 Å². The molecule has 2 heterocycles. The molecule has 0 saturated heterocycles. The highest BCUT2D eigenvalue weighted by atomic mass is 32.3. The third-order valence-corrected chi connectivity index (χ3v) is 20.4. The van der Waals surface area contributed by atoms with Crippen LogP contribution in [0.5, 0.6) is 0 Å². The standard InChI is InChI=1S/C51H62N2S/c1-36-18-16-28-46-45-27-10-13-29-47(45)52(50(36)46)38-19-17-24-41(34-38)54(39-20-6-4-7-21-39,40-22-8-5-9-23-40)42-33-32-37(2)51(3,35-42)53-48-30-14-11-25-43(48)44-26-12-15-31-49(44)53/h4-8,10-12,14,20-21,25-27,30,33-34,36-37,40-41,44,49H,9,13,15-19,22-24,28-29,31-32,35H2,1-3H3. The van der Waals surface area contributed by atoms with E-state index in [1.807, 2.05) is 4.91 Å². The number of nitrogens with zero attached hydrogens (tertiary/aromatic N) is 2. The van der Waals surface area contributed by atoms with Crippen molar-refractivity contribution in [3.05, 3.63) is 130 Å². The first-order valence-electron chi connectivity index (χ1n) is 21.9. The maximum Gasteiger partial charge on any atom is 0.0450 e. The monoisotopic (exact) mass is 734 g/mol. The molecular formula is C51H62N2S. The fourth-order valence-electron chi connectivity index (χ4n) is 12.7. The molecule has 0 N–H and O–H groups in total. The number of allylic oxidation sites excluding steroid dienone is 6. The van der Waals surface area contributed by atoms with E-state index in [0.29, 0.717) is 34.3 Å².